The largest absolute Gasteiger partial charge is 0.387 e. The minimum atomic E-state index is -4.94. The first-order valence-corrected chi connectivity index (χ1v) is 14.0. The van der Waals surface area contributed by atoms with Crippen LogP contribution in [0.25, 0.3) is 11.0 Å². The third-order valence-corrected chi connectivity index (χ3v) is 7.94. The lowest BCUT2D eigenvalue weighted by molar-refractivity contribution is -0.115. The van der Waals surface area contributed by atoms with Crippen LogP contribution in [0.5, 0.6) is 0 Å². The second kappa shape index (κ2) is 12.0. The van der Waals surface area contributed by atoms with Crippen LogP contribution in [0.15, 0.2) is 6.20 Å². The van der Waals surface area contributed by atoms with Crippen molar-refractivity contribution in [3.63, 3.8) is 0 Å². The SMILES string of the molecule is COC[C@](CCc1nn[nH]n1)(OC[C@H]1O[C@@H](n2ncc3c(NCC(C)C)nc(Cl)nc32)[C@H](O)[C@@H]1O)P(=O)(O)O. The number of nitrogens with one attached hydrogen (secondary N) is 2. The summed E-state index contributed by atoms with van der Waals surface area (Å²) in [4.78, 5) is 28.8. The number of halogens is 1. The second-order valence-electron chi connectivity index (χ2n) is 9.55. The molecule has 0 unspecified atom stereocenters. The van der Waals surface area contributed by atoms with Crippen molar-refractivity contribution in [2.45, 2.75) is 56.6 Å². The van der Waals surface area contributed by atoms with Crippen LogP contribution in [-0.2, 0) is 25.2 Å². The lowest BCUT2D eigenvalue weighted by atomic mass is 10.1. The van der Waals surface area contributed by atoms with E-state index in [0.29, 0.717) is 23.7 Å². The first kappa shape index (κ1) is 29.6. The van der Waals surface area contributed by atoms with Gasteiger partial charge in [-0.05, 0) is 23.9 Å². The van der Waals surface area contributed by atoms with E-state index in [1.54, 1.807) is 0 Å². The van der Waals surface area contributed by atoms with E-state index in [9.17, 15) is 24.6 Å². The summed E-state index contributed by atoms with van der Waals surface area (Å²) in [5.41, 5.74) is 0.253. The number of aromatic amines is 1. The van der Waals surface area contributed by atoms with Crippen molar-refractivity contribution < 1.29 is 38.8 Å². The maximum atomic E-state index is 12.5. The molecule has 1 aliphatic heterocycles. The molecule has 0 spiro atoms. The van der Waals surface area contributed by atoms with Crippen LogP contribution in [-0.4, -0.2) is 111 Å². The fourth-order valence-electron chi connectivity index (χ4n) is 4.15. The van der Waals surface area contributed by atoms with E-state index in [1.807, 2.05) is 13.8 Å². The number of rotatable bonds is 13. The topological polar surface area (TPSA) is 236 Å². The summed E-state index contributed by atoms with van der Waals surface area (Å²) in [6.07, 6.45) is -4.10. The van der Waals surface area contributed by atoms with Gasteiger partial charge in [0.1, 0.15) is 24.1 Å². The van der Waals surface area contributed by atoms with Crippen molar-refractivity contribution in [2.24, 2.45) is 5.92 Å². The van der Waals surface area contributed by atoms with Gasteiger partial charge in [-0.3, -0.25) is 4.57 Å². The van der Waals surface area contributed by atoms with Gasteiger partial charge in [0, 0.05) is 20.1 Å². The molecular formula is C20H31ClN9O8P. The zero-order valence-corrected chi connectivity index (χ0v) is 23.0. The molecule has 1 aliphatic rings. The minimum absolute atomic E-state index is 0.0111. The van der Waals surface area contributed by atoms with Crippen LogP contribution in [0, 0.1) is 5.92 Å². The van der Waals surface area contributed by atoms with E-state index in [-0.39, 0.29) is 29.6 Å². The van der Waals surface area contributed by atoms with Crippen molar-refractivity contribution in [2.75, 3.05) is 32.2 Å². The smallest absolute Gasteiger partial charge is 0.359 e. The van der Waals surface area contributed by atoms with Crippen molar-refractivity contribution in [1.29, 1.82) is 0 Å². The Morgan fingerprint density at radius 2 is 2.08 bits per heavy atom. The predicted molar refractivity (Wildman–Crippen MR) is 135 cm³/mol. The van der Waals surface area contributed by atoms with Crippen LogP contribution in [0.2, 0.25) is 5.28 Å². The molecule has 4 heterocycles. The van der Waals surface area contributed by atoms with Gasteiger partial charge in [-0.1, -0.05) is 19.1 Å². The number of aliphatic hydroxyl groups excluding tert-OH is 2. The fourth-order valence-corrected chi connectivity index (χ4v) is 5.26. The molecule has 1 fully saturated rings. The first-order valence-electron chi connectivity index (χ1n) is 12.0. The molecule has 4 rings (SSSR count). The number of hydrogen-bond donors (Lipinski definition) is 6. The van der Waals surface area contributed by atoms with Crippen molar-refractivity contribution in [3.8, 4) is 0 Å². The Morgan fingerprint density at radius 1 is 1.31 bits per heavy atom. The lowest BCUT2D eigenvalue weighted by Gasteiger charge is -2.34. The van der Waals surface area contributed by atoms with Gasteiger partial charge in [-0.25, -0.2) is 4.68 Å². The monoisotopic (exact) mass is 591 g/mol. The van der Waals surface area contributed by atoms with Crippen molar-refractivity contribution in [3.05, 3.63) is 17.3 Å². The van der Waals surface area contributed by atoms with Crippen LogP contribution in [0.1, 0.15) is 32.3 Å². The van der Waals surface area contributed by atoms with E-state index >= 15 is 0 Å². The van der Waals surface area contributed by atoms with Gasteiger partial charge in [-0.15, -0.1) is 10.2 Å². The summed E-state index contributed by atoms with van der Waals surface area (Å²) in [6, 6.07) is 0. The molecule has 1 saturated heterocycles. The number of tetrazole rings is 1. The number of aliphatic hydroxyl groups is 2. The Morgan fingerprint density at radius 3 is 2.72 bits per heavy atom. The van der Waals surface area contributed by atoms with Gasteiger partial charge in [0.15, 0.2) is 23.0 Å². The Balaban J connectivity index is 1.54. The van der Waals surface area contributed by atoms with E-state index in [4.69, 9.17) is 25.8 Å². The maximum Gasteiger partial charge on any atom is 0.359 e. The van der Waals surface area contributed by atoms with Gasteiger partial charge < -0.3 is 39.5 Å². The number of methoxy groups -OCH3 is 1. The minimum Gasteiger partial charge on any atom is -0.387 e. The van der Waals surface area contributed by atoms with Crippen molar-refractivity contribution in [1.82, 2.24) is 40.4 Å². The lowest BCUT2D eigenvalue weighted by Crippen LogP contribution is -2.42. The van der Waals surface area contributed by atoms with Crippen LogP contribution >= 0.6 is 19.2 Å². The molecule has 3 aromatic heterocycles. The third kappa shape index (κ3) is 6.37. The Labute approximate surface area is 227 Å². The Hall–Kier alpha value is -2.34. The standard InChI is InChI=1S/C20H31ClN9O8P/c1-10(2)6-22-16-11-7-23-30(17(11)25-19(21)24-16)18-15(32)14(31)12(38-18)8-37-20(9-36-3,39(33,34)35)5-4-13-26-28-29-27-13/h7,10,12,14-15,18,31-32H,4-6,8-9H2,1-3H3,(H,22,24,25)(H2,33,34,35)(H,26,27,28,29)/t12-,14-,15-,18-,20-/m1/s1. The highest BCUT2D eigenvalue weighted by Gasteiger charge is 2.51. The van der Waals surface area contributed by atoms with Crippen LogP contribution < -0.4 is 5.32 Å². The number of aromatic nitrogens is 8. The molecule has 0 radical (unpaired) electrons. The Bertz CT molecular complexity index is 1290. The fraction of sp³-hybridized carbons (Fsp3) is 0.700. The molecule has 3 aromatic rings. The number of anilines is 1. The number of hydrogen-bond acceptors (Lipinski definition) is 13. The highest BCUT2D eigenvalue weighted by molar-refractivity contribution is 7.53. The number of H-pyrrole nitrogens is 1. The Kier molecular flexibility index (Phi) is 9.15. The molecule has 17 nitrogen and oxygen atoms in total. The molecule has 0 aromatic carbocycles. The van der Waals surface area contributed by atoms with Crippen molar-refractivity contribution >= 4 is 36.0 Å². The first-order chi connectivity index (χ1) is 18.5. The number of fused-ring (bicyclic) bond motifs is 1. The van der Waals surface area contributed by atoms with Crippen LogP contribution in [0.4, 0.5) is 5.82 Å². The van der Waals surface area contributed by atoms with E-state index in [2.05, 4.69) is 41.0 Å². The van der Waals surface area contributed by atoms with E-state index in [0.717, 1.165) is 0 Å². The highest BCUT2D eigenvalue weighted by Crippen LogP contribution is 2.54. The zero-order chi connectivity index (χ0) is 28.4. The van der Waals surface area contributed by atoms with Crippen LogP contribution in [0.3, 0.4) is 0 Å². The molecule has 6 N–H and O–H groups in total. The molecule has 19 heteroatoms. The van der Waals surface area contributed by atoms with E-state index < -0.39 is 50.7 Å². The van der Waals surface area contributed by atoms with Gasteiger partial charge >= 0.3 is 7.60 Å². The summed E-state index contributed by atoms with van der Waals surface area (Å²) >= 11 is 6.13. The summed E-state index contributed by atoms with van der Waals surface area (Å²) in [5.74, 6) is 0.990. The average Bonchev–Trinajstić information content (AvgIpc) is 3.60. The zero-order valence-electron chi connectivity index (χ0n) is 21.4. The highest BCUT2D eigenvalue weighted by atomic mass is 35.5. The molecule has 0 saturated carbocycles. The summed E-state index contributed by atoms with van der Waals surface area (Å²) in [7, 11) is -3.68. The number of aryl methyl sites for hydroxylation is 1. The van der Waals surface area contributed by atoms with Gasteiger partial charge in [0.05, 0.1) is 24.8 Å². The van der Waals surface area contributed by atoms with Gasteiger partial charge in [-0.2, -0.15) is 20.3 Å². The third-order valence-electron chi connectivity index (χ3n) is 6.23. The summed E-state index contributed by atoms with van der Waals surface area (Å²) in [6.45, 7) is 3.70. The quantitative estimate of drug-likeness (QED) is 0.112. The summed E-state index contributed by atoms with van der Waals surface area (Å²) in [5, 5.41) is 40.6. The molecule has 5 atom stereocenters. The molecule has 0 bridgehead atoms. The normalized spacial score (nSPS) is 23.5. The summed E-state index contributed by atoms with van der Waals surface area (Å²) < 4.78 is 30.5. The molecule has 216 valence electrons. The van der Waals surface area contributed by atoms with Gasteiger partial charge in [0.2, 0.25) is 5.28 Å². The second-order valence-corrected chi connectivity index (χ2v) is 11.8. The predicted octanol–water partition coefficient (Wildman–Crippen LogP) is -0.150. The molecule has 39 heavy (non-hydrogen) atoms. The molecule has 0 aliphatic carbocycles. The molecule has 0 amide bonds. The van der Waals surface area contributed by atoms with Gasteiger partial charge in [0.25, 0.3) is 0 Å². The number of nitrogens with zero attached hydrogens (tertiary/aromatic N) is 7. The average molecular weight is 592 g/mol. The molecular weight excluding hydrogens is 561 g/mol. The van der Waals surface area contributed by atoms with E-state index in [1.165, 1.54) is 18.0 Å². The maximum absolute atomic E-state index is 12.5. The number of ether oxygens (including phenoxy) is 3.